The van der Waals surface area contributed by atoms with E-state index in [9.17, 15) is 9.59 Å². The Kier molecular flexibility index (Phi) is 4.19. The van der Waals surface area contributed by atoms with E-state index in [2.05, 4.69) is 14.5 Å². The van der Waals surface area contributed by atoms with Gasteiger partial charge in [0.1, 0.15) is 5.82 Å². The molecule has 1 atom stereocenters. The molecule has 1 aliphatic heterocycles. The second kappa shape index (κ2) is 6.88. The molecule has 4 aromatic rings. The van der Waals surface area contributed by atoms with Crippen LogP contribution < -0.4 is 5.69 Å². The van der Waals surface area contributed by atoms with Crippen molar-refractivity contribution < 1.29 is 4.79 Å². The highest BCUT2D eigenvalue weighted by Crippen LogP contribution is 2.27. The largest absolute Gasteiger partial charge is 0.335 e. The summed E-state index contributed by atoms with van der Waals surface area (Å²) in [4.78, 5) is 32.0. The van der Waals surface area contributed by atoms with Gasteiger partial charge in [-0.3, -0.25) is 9.36 Å². The molecule has 29 heavy (non-hydrogen) atoms. The van der Waals surface area contributed by atoms with E-state index < -0.39 is 0 Å². The van der Waals surface area contributed by atoms with Crippen molar-refractivity contribution in [2.45, 2.75) is 25.8 Å². The minimum atomic E-state index is -0.130. The molecule has 2 aromatic carbocycles. The SMILES string of the molecule is Cn1c(=O)[nH]c2ccc(-c3cccc(C(=O)CC4CCn5ccnc5C4)c3)cc21. The van der Waals surface area contributed by atoms with Crippen molar-refractivity contribution in [2.75, 3.05) is 0 Å². The van der Waals surface area contributed by atoms with Gasteiger partial charge in [0.25, 0.3) is 0 Å². The number of aryl methyl sites for hydroxylation is 2. The van der Waals surface area contributed by atoms with Gasteiger partial charge in [-0.25, -0.2) is 9.78 Å². The molecular formula is C23H22N4O2. The molecule has 0 fully saturated rings. The number of carbonyl (C=O) groups excluding carboxylic acids is 1. The maximum Gasteiger partial charge on any atom is 0.326 e. The summed E-state index contributed by atoms with van der Waals surface area (Å²) in [6, 6.07) is 13.6. The number of carbonyl (C=O) groups is 1. The monoisotopic (exact) mass is 386 g/mol. The Morgan fingerprint density at radius 1 is 1.21 bits per heavy atom. The van der Waals surface area contributed by atoms with Crippen molar-refractivity contribution in [3.8, 4) is 11.1 Å². The lowest BCUT2D eigenvalue weighted by molar-refractivity contribution is 0.0953. The second-order valence-corrected chi connectivity index (χ2v) is 7.82. The topological polar surface area (TPSA) is 72.7 Å². The van der Waals surface area contributed by atoms with Gasteiger partial charge in [0.15, 0.2) is 5.78 Å². The summed E-state index contributed by atoms with van der Waals surface area (Å²) in [6.07, 6.45) is 6.25. The molecule has 1 unspecified atom stereocenters. The Labute approximate surface area is 167 Å². The van der Waals surface area contributed by atoms with E-state index >= 15 is 0 Å². The van der Waals surface area contributed by atoms with Crippen LogP contribution in [0.1, 0.15) is 29.0 Å². The number of Topliss-reactive ketones (excluding diaryl/α,β-unsaturated/α-hetero) is 1. The zero-order valence-corrected chi connectivity index (χ0v) is 16.3. The first-order valence-electron chi connectivity index (χ1n) is 9.91. The van der Waals surface area contributed by atoms with Crippen LogP contribution >= 0.6 is 0 Å². The Balaban J connectivity index is 1.39. The summed E-state index contributed by atoms with van der Waals surface area (Å²) in [5.74, 6) is 1.59. The third kappa shape index (κ3) is 3.20. The van der Waals surface area contributed by atoms with Gasteiger partial charge < -0.3 is 9.55 Å². The van der Waals surface area contributed by atoms with Gasteiger partial charge in [-0.2, -0.15) is 0 Å². The number of rotatable bonds is 4. The first-order chi connectivity index (χ1) is 14.1. The molecule has 0 radical (unpaired) electrons. The van der Waals surface area contributed by atoms with Crippen LogP contribution in [0.4, 0.5) is 0 Å². The molecule has 0 bridgehead atoms. The Hall–Kier alpha value is -3.41. The number of ketones is 1. The van der Waals surface area contributed by atoms with Gasteiger partial charge in [0.05, 0.1) is 11.0 Å². The molecule has 0 aliphatic carbocycles. The number of aromatic amines is 1. The molecule has 0 saturated carbocycles. The predicted octanol–water partition coefficient (Wildman–Crippen LogP) is 3.57. The van der Waals surface area contributed by atoms with Gasteiger partial charge >= 0.3 is 5.69 Å². The quantitative estimate of drug-likeness (QED) is 0.545. The van der Waals surface area contributed by atoms with Gasteiger partial charge in [0.2, 0.25) is 0 Å². The number of H-pyrrole nitrogens is 1. The normalized spacial score (nSPS) is 16.1. The average molecular weight is 386 g/mol. The number of benzene rings is 2. The highest BCUT2D eigenvalue weighted by molar-refractivity contribution is 5.97. The van der Waals surface area contributed by atoms with E-state index in [-0.39, 0.29) is 11.5 Å². The second-order valence-electron chi connectivity index (χ2n) is 7.82. The smallest absolute Gasteiger partial charge is 0.326 e. The van der Waals surface area contributed by atoms with Crippen LogP contribution in [0.25, 0.3) is 22.2 Å². The minimum Gasteiger partial charge on any atom is -0.335 e. The van der Waals surface area contributed by atoms with Crippen molar-refractivity contribution in [1.29, 1.82) is 0 Å². The third-order valence-corrected chi connectivity index (χ3v) is 5.95. The molecule has 0 saturated heterocycles. The highest BCUT2D eigenvalue weighted by atomic mass is 16.1. The summed E-state index contributed by atoms with van der Waals surface area (Å²) >= 11 is 0. The van der Waals surface area contributed by atoms with E-state index in [1.165, 1.54) is 0 Å². The van der Waals surface area contributed by atoms with Gasteiger partial charge in [-0.05, 0) is 41.7 Å². The van der Waals surface area contributed by atoms with Crippen LogP contribution in [0.3, 0.4) is 0 Å². The number of nitrogens with zero attached hydrogens (tertiary/aromatic N) is 3. The lowest BCUT2D eigenvalue weighted by Gasteiger charge is -2.22. The van der Waals surface area contributed by atoms with E-state index in [1.807, 2.05) is 54.9 Å². The van der Waals surface area contributed by atoms with Crippen LogP contribution in [0, 0.1) is 5.92 Å². The van der Waals surface area contributed by atoms with Crippen molar-refractivity contribution in [3.63, 3.8) is 0 Å². The zero-order valence-electron chi connectivity index (χ0n) is 16.3. The lowest BCUT2D eigenvalue weighted by atomic mass is 9.89. The first kappa shape index (κ1) is 17.7. The van der Waals surface area contributed by atoms with Crippen LogP contribution in [0.2, 0.25) is 0 Å². The molecular weight excluding hydrogens is 364 g/mol. The molecule has 5 rings (SSSR count). The zero-order chi connectivity index (χ0) is 20.0. The van der Waals surface area contributed by atoms with Gasteiger partial charge in [-0.1, -0.05) is 24.3 Å². The fraction of sp³-hybridized carbons (Fsp3) is 0.261. The third-order valence-electron chi connectivity index (χ3n) is 5.95. The summed E-state index contributed by atoms with van der Waals surface area (Å²) in [5.41, 5.74) is 4.23. The summed E-state index contributed by atoms with van der Waals surface area (Å²) in [7, 11) is 1.75. The Bertz CT molecular complexity index is 1280. The molecule has 146 valence electrons. The summed E-state index contributed by atoms with van der Waals surface area (Å²) in [5, 5.41) is 0. The van der Waals surface area contributed by atoms with E-state index in [1.54, 1.807) is 11.6 Å². The number of aromatic nitrogens is 4. The fourth-order valence-electron chi connectivity index (χ4n) is 4.24. The van der Waals surface area contributed by atoms with E-state index in [4.69, 9.17) is 0 Å². The summed E-state index contributed by atoms with van der Waals surface area (Å²) in [6.45, 7) is 0.933. The van der Waals surface area contributed by atoms with Crippen molar-refractivity contribution in [2.24, 2.45) is 13.0 Å². The predicted molar refractivity (Wildman–Crippen MR) is 112 cm³/mol. The molecule has 6 heteroatoms. The van der Waals surface area contributed by atoms with Crippen LogP contribution in [-0.2, 0) is 20.0 Å². The number of hydrogen-bond acceptors (Lipinski definition) is 3. The number of imidazole rings is 2. The van der Waals surface area contributed by atoms with Crippen LogP contribution in [-0.4, -0.2) is 24.9 Å². The average Bonchev–Trinajstić information content (AvgIpc) is 3.32. The number of hydrogen-bond donors (Lipinski definition) is 1. The molecule has 3 heterocycles. The highest BCUT2D eigenvalue weighted by Gasteiger charge is 2.22. The van der Waals surface area contributed by atoms with E-state index in [0.29, 0.717) is 12.3 Å². The van der Waals surface area contributed by atoms with Crippen molar-refractivity contribution in [3.05, 3.63) is 76.7 Å². The van der Waals surface area contributed by atoms with E-state index in [0.717, 1.165) is 52.9 Å². The number of fused-ring (bicyclic) bond motifs is 2. The molecule has 0 spiro atoms. The first-order valence-corrected chi connectivity index (χ1v) is 9.91. The van der Waals surface area contributed by atoms with Crippen LogP contribution in [0.15, 0.2) is 59.7 Å². The Morgan fingerprint density at radius 2 is 2.07 bits per heavy atom. The van der Waals surface area contributed by atoms with Gasteiger partial charge in [-0.15, -0.1) is 0 Å². The molecule has 1 aliphatic rings. The molecule has 0 amide bonds. The molecule has 1 N–H and O–H groups in total. The fourth-order valence-corrected chi connectivity index (χ4v) is 4.24. The maximum atomic E-state index is 12.9. The summed E-state index contributed by atoms with van der Waals surface area (Å²) < 4.78 is 3.77. The molecule has 6 nitrogen and oxygen atoms in total. The van der Waals surface area contributed by atoms with Crippen molar-refractivity contribution in [1.82, 2.24) is 19.1 Å². The standard InChI is InChI=1S/C23H22N4O2/c1-26-20-14-17(5-6-19(20)25-23(26)29)16-3-2-4-18(13-16)21(28)11-15-7-9-27-10-8-24-22(27)12-15/h2-6,8,10,13-15H,7,9,11-12H2,1H3,(H,25,29). The maximum absolute atomic E-state index is 12.9. The minimum absolute atomic E-state index is 0.130. The number of nitrogens with one attached hydrogen (secondary N) is 1. The van der Waals surface area contributed by atoms with Crippen LogP contribution in [0.5, 0.6) is 0 Å². The molecule has 2 aromatic heterocycles. The van der Waals surface area contributed by atoms with Gasteiger partial charge in [0, 0.05) is 44.4 Å². The Morgan fingerprint density at radius 3 is 2.97 bits per heavy atom. The van der Waals surface area contributed by atoms with Crippen molar-refractivity contribution >= 4 is 16.8 Å². The lowest BCUT2D eigenvalue weighted by Crippen LogP contribution is -2.21.